The van der Waals surface area contributed by atoms with Crippen LogP contribution < -0.4 is 9.47 Å². The predicted octanol–water partition coefficient (Wildman–Crippen LogP) is 7.24. The molecule has 1 aliphatic rings. The zero-order valence-electron chi connectivity index (χ0n) is 18.7. The van der Waals surface area contributed by atoms with Crippen molar-refractivity contribution in [1.82, 2.24) is 0 Å². The third-order valence-electron chi connectivity index (χ3n) is 5.90. The summed E-state index contributed by atoms with van der Waals surface area (Å²) < 4.78 is 73.7. The lowest BCUT2D eigenvalue weighted by atomic mass is 9.98. The maximum Gasteiger partial charge on any atom is 0.201 e. The Labute approximate surface area is 199 Å². The van der Waals surface area contributed by atoms with Crippen molar-refractivity contribution in [3.63, 3.8) is 0 Å². The van der Waals surface area contributed by atoms with Crippen molar-refractivity contribution in [2.24, 2.45) is 0 Å². The van der Waals surface area contributed by atoms with E-state index in [0.29, 0.717) is 29.0 Å². The highest BCUT2D eigenvalue weighted by Gasteiger charge is 2.30. The second-order valence-electron chi connectivity index (χ2n) is 8.11. The van der Waals surface area contributed by atoms with E-state index in [9.17, 15) is 17.6 Å². The van der Waals surface area contributed by atoms with Crippen LogP contribution in [-0.4, -0.2) is 13.7 Å². The van der Waals surface area contributed by atoms with Crippen molar-refractivity contribution in [2.75, 3.05) is 13.7 Å². The molecule has 0 aliphatic carbocycles. The van der Waals surface area contributed by atoms with Gasteiger partial charge in [-0.2, -0.15) is 4.39 Å². The molecular weight excluding hydrogens is 460 g/mol. The summed E-state index contributed by atoms with van der Waals surface area (Å²) in [5.41, 5.74) is 2.08. The van der Waals surface area contributed by atoms with Crippen molar-refractivity contribution >= 4 is 0 Å². The molecule has 1 unspecified atom stereocenters. The number of ether oxygens (including phenoxy) is 3. The summed E-state index contributed by atoms with van der Waals surface area (Å²) in [5.74, 6) is -3.54. The smallest absolute Gasteiger partial charge is 0.201 e. The van der Waals surface area contributed by atoms with Gasteiger partial charge in [0.05, 0.1) is 13.7 Å². The van der Waals surface area contributed by atoms with Gasteiger partial charge in [-0.1, -0.05) is 48.5 Å². The fraction of sp³-hybridized carbons (Fsp3) is 0.143. The molecule has 0 saturated carbocycles. The van der Waals surface area contributed by atoms with Crippen LogP contribution in [0.25, 0.3) is 22.3 Å². The molecule has 1 aliphatic heterocycles. The summed E-state index contributed by atoms with van der Waals surface area (Å²) in [5, 5.41) is 0. The highest BCUT2D eigenvalue weighted by molar-refractivity contribution is 5.72. The van der Waals surface area contributed by atoms with Gasteiger partial charge < -0.3 is 14.2 Å². The summed E-state index contributed by atoms with van der Waals surface area (Å²) in [6.45, 7) is 0.348. The summed E-state index contributed by atoms with van der Waals surface area (Å²) in [7, 11) is 1.53. The topological polar surface area (TPSA) is 31.0 Å². The molecule has 1 heterocycles. The Morgan fingerprint density at radius 1 is 0.714 bits per heavy atom. The first-order valence-corrected chi connectivity index (χ1v) is 10.9. The van der Waals surface area contributed by atoms with Gasteiger partial charge in [0.25, 0.3) is 0 Å². The largest absolute Gasteiger partial charge is 0.497 e. The number of rotatable bonds is 7. The van der Waals surface area contributed by atoms with E-state index in [-0.39, 0.29) is 29.0 Å². The SMILES string of the molecule is COc1ccc(-c2ccc(-c3ccc(COc4ccc(C5CO5)c(F)c4F)cc3)c(F)c2F)cc1. The minimum atomic E-state index is -1.07. The molecule has 7 heteroatoms. The number of methoxy groups -OCH3 is 1. The molecule has 0 spiro atoms. The fourth-order valence-electron chi connectivity index (χ4n) is 3.84. The van der Waals surface area contributed by atoms with Gasteiger partial charge in [0.15, 0.2) is 23.2 Å². The summed E-state index contributed by atoms with van der Waals surface area (Å²) in [6.07, 6.45) is -0.401. The summed E-state index contributed by atoms with van der Waals surface area (Å²) in [4.78, 5) is 0. The molecule has 1 saturated heterocycles. The number of halogens is 4. The van der Waals surface area contributed by atoms with Crippen LogP contribution in [0.5, 0.6) is 11.5 Å². The average Bonchev–Trinajstić information content (AvgIpc) is 3.72. The lowest BCUT2D eigenvalue weighted by molar-refractivity contribution is 0.283. The maximum absolute atomic E-state index is 14.9. The molecule has 0 bridgehead atoms. The quantitative estimate of drug-likeness (QED) is 0.206. The molecule has 35 heavy (non-hydrogen) atoms. The molecule has 3 nitrogen and oxygen atoms in total. The number of hydrogen-bond acceptors (Lipinski definition) is 3. The third-order valence-corrected chi connectivity index (χ3v) is 5.90. The van der Waals surface area contributed by atoms with Crippen LogP contribution in [0.15, 0.2) is 72.8 Å². The van der Waals surface area contributed by atoms with Crippen molar-refractivity contribution in [2.45, 2.75) is 12.7 Å². The predicted molar refractivity (Wildman–Crippen MR) is 123 cm³/mol. The lowest BCUT2D eigenvalue weighted by Gasteiger charge is -2.11. The zero-order chi connectivity index (χ0) is 24.5. The van der Waals surface area contributed by atoms with Crippen molar-refractivity contribution in [3.8, 4) is 33.8 Å². The van der Waals surface area contributed by atoms with Gasteiger partial charge in [-0.05, 0) is 41.0 Å². The van der Waals surface area contributed by atoms with Crippen molar-refractivity contribution < 1.29 is 31.8 Å². The molecule has 4 aromatic rings. The minimum absolute atomic E-state index is 0.0246. The highest BCUT2D eigenvalue weighted by Crippen LogP contribution is 2.35. The van der Waals surface area contributed by atoms with Crippen LogP contribution in [0.3, 0.4) is 0 Å². The fourth-order valence-corrected chi connectivity index (χ4v) is 3.84. The average molecular weight is 480 g/mol. The maximum atomic E-state index is 14.9. The monoisotopic (exact) mass is 480 g/mol. The van der Waals surface area contributed by atoms with Gasteiger partial charge >= 0.3 is 0 Å². The van der Waals surface area contributed by atoms with Crippen LogP contribution >= 0.6 is 0 Å². The molecule has 0 amide bonds. The Morgan fingerprint density at radius 3 is 1.83 bits per heavy atom. The van der Waals surface area contributed by atoms with E-state index in [4.69, 9.17) is 14.2 Å². The Balaban J connectivity index is 1.31. The van der Waals surface area contributed by atoms with E-state index in [2.05, 4.69) is 0 Å². The summed E-state index contributed by atoms with van der Waals surface area (Å²) >= 11 is 0. The molecule has 0 N–H and O–H groups in total. The Bertz CT molecular complexity index is 1360. The molecule has 5 rings (SSSR count). The van der Waals surface area contributed by atoms with E-state index in [0.717, 1.165) is 0 Å². The van der Waals surface area contributed by atoms with E-state index in [1.807, 2.05) is 0 Å². The number of hydrogen-bond donors (Lipinski definition) is 0. The zero-order valence-corrected chi connectivity index (χ0v) is 18.7. The number of benzene rings is 4. The van der Waals surface area contributed by atoms with Crippen molar-refractivity contribution in [1.29, 1.82) is 0 Å². The van der Waals surface area contributed by atoms with Crippen LogP contribution in [0.1, 0.15) is 17.2 Å². The van der Waals surface area contributed by atoms with Gasteiger partial charge in [0.1, 0.15) is 18.5 Å². The highest BCUT2D eigenvalue weighted by atomic mass is 19.2. The van der Waals surface area contributed by atoms with E-state index < -0.39 is 29.4 Å². The second kappa shape index (κ2) is 9.43. The first-order valence-electron chi connectivity index (χ1n) is 10.9. The lowest BCUT2D eigenvalue weighted by Crippen LogP contribution is -2.01. The molecule has 1 atom stereocenters. The molecule has 178 valence electrons. The molecule has 4 aromatic carbocycles. The second-order valence-corrected chi connectivity index (χ2v) is 8.11. The Kier molecular flexibility index (Phi) is 6.17. The normalized spacial score (nSPS) is 14.6. The van der Waals surface area contributed by atoms with Crippen LogP contribution in [0.2, 0.25) is 0 Å². The Hall–Kier alpha value is -3.84. The van der Waals surface area contributed by atoms with Crippen LogP contribution in [0, 0.1) is 23.3 Å². The minimum Gasteiger partial charge on any atom is -0.497 e. The molecular formula is C28H20F4O3. The van der Waals surface area contributed by atoms with E-state index in [1.165, 1.54) is 31.4 Å². The van der Waals surface area contributed by atoms with Gasteiger partial charge in [-0.3, -0.25) is 0 Å². The molecule has 1 fully saturated rings. The van der Waals surface area contributed by atoms with E-state index >= 15 is 0 Å². The van der Waals surface area contributed by atoms with Gasteiger partial charge in [-0.15, -0.1) is 0 Å². The van der Waals surface area contributed by atoms with Crippen LogP contribution in [0.4, 0.5) is 17.6 Å². The van der Waals surface area contributed by atoms with Crippen LogP contribution in [-0.2, 0) is 11.3 Å². The van der Waals surface area contributed by atoms with Crippen molar-refractivity contribution in [3.05, 3.63) is 107 Å². The Morgan fingerprint density at radius 2 is 1.29 bits per heavy atom. The molecule has 0 radical (unpaired) electrons. The van der Waals surface area contributed by atoms with E-state index in [1.54, 1.807) is 48.5 Å². The van der Waals surface area contributed by atoms with Gasteiger partial charge in [0, 0.05) is 16.7 Å². The summed E-state index contributed by atoms with van der Waals surface area (Å²) in [6, 6.07) is 19.1. The van der Waals surface area contributed by atoms with Gasteiger partial charge in [-0.25, -0.2) is 13.2 Å². The van der Waals surface area contributed by atoms with Gasteiger partial charge in [0.2, 0.25) is 5.82 Å². The first kappa shape index (κ1) is 22.9. The molecule has 0 aromatic heterocycles. The standard InChI is InChI=1S/C28H20F4O3/c1-33-19-8-6-18(7-9-19)21-11-10-20(25(29)26(21)30)17-4-2-16(3-5-17)14-34-23-13-12-22(24-15-35-24)27(31)28(23)32/h2-13,24H,14-15H2,1H3. The first-order chi connectivity index (χ1) is 17.0. The number of epoxide rings is 1. The third kappa shape index (κ3) is 4.59.